The maximum Gasteiger partial charge on any atom is 0.488 e. The van der Waals surface area contributed by atoms with E-state index in [1.165, 1.54) is 10.9 Å². The number of nitrogens with zero attached hydrogens (tertiary/aromatic N) is 4. The number of rotatable bonds is 5. The van der Waals surface area contributed by atoms with Gasteiger partial charge in [0.1, 0.15) is 17.8 Å². The van der Waals surface area contributed by atoms with E-state index in [9.17, 15) is 9.67 Å². The summed E-state index contributed by atoms with van der Waals surface area (Å²) in [6.07, 6.45) is -0.897. The summed E-state index contributed by atoms with van der Waals surface area (Å²) in [5.74, 6) is 4.74. The molecule has 6 N–H and O–H groups in total. The zero-order valence-electron chi connectivity index (χ0n) is 12.0. The number of hydrogen-bond donors (Lipinski definition) is 4. The number of hydrogen-bond acceptors (Lipinski definition) is 10. The molecule has 0 bridgehead atoms. The molecule has 1 saturated heterocycles. The minimum Gasteiger partial charge on any atom is -0.390 e. The number of anilines is 1. The lowest BCUT2D eigenvalue weighted by Crippen LogP contribution is -2.26. The number of aliphatic hydroxyl groups is 1. The van der Waals surface area contributed by atoms with Crippen molar-refractivity contribution in [2.75, 3.05) is 12.3 Å². The number of ether oxygens (including phenoxy) is 1. The number of nitrogen functional groups attached to an aromatic ring is 1. The van der Waals surface area contributed by atoms with Gasteiger partial charge in [-0.3, -0.25) is 9.09 Å². The van der Waals surface area contributed by atoms with E-state index in [0.29, 0.717) is 11.2 Å². The molecule has 1 aliphatic rings. The number of phosphoric acid groups is 1. The van der Waals surface area contributed by atoms with Crippen molar-refractivity contribution in [2.45, 2.75) is 24.9 Å². The van der Waals surface area contributed by atoms with Crippen LogP contribution in [0.3, 0.4) is 0 Å². The quantitative estimate of drug-likeness (QED) is 0.304. The van der Waals surface area contributed by atoms with Crippen LogP contribution >= 0.6 is 19.4 Å². The first-order valence-electron chi connectivity index (χ1n) is 6.65. The summed E-state index contributed by atoms with van der Waals surface area (Å²) in [4.78, 5) is 21.1. The smallest absolute Gasteiger partial charge is 0.390 e. The molecular formula is C10H14ClN6O6P. The molecule has 2 aromatic heterocycles. The summed E-state index contributed by atoms with van der Waals surface area (Å²) < 4.78 is 26.8. The van der Waals surface area contributed by atoms with Crippen LogP contribution in [0.15, 0.2) is 6.33 Å². The Morgan fingerprint density at radius 2 is 2.29 bits per heavy atom. The Balaban J connectivity index is 1.79. The number of fused-ring (bicyclic) bond motifs is 1. The van der Waals surface area contributed by atoms with Crippen molar-refractivity contribution in [1.29, 1.82) is 0 Å². The first kappa shape index (κ1) is 17.5. The summed E-state index contributed by atoms with van der Waals surface area (Å²) in [6.45, 7) is -0.396. The minimum atomic E-state index is -4.37. The summed E-state index contributed by atoms with van der Waals surface area (Å²) in [5, 5.41) is 9.99. The zero-order chi connectivity index (χ0) is 17.5. The molecule has 3 rings (SSSR count). The number of halogens is 1. The van der Waals surface area contributed by atoms with Gasteiger partial charge < -0.3 is 20.5 Å². The Hall–Kier alpha value is -1.37. The van der Waals surface area contributed by atoms with Crippen LogP contribution in [0.4, 0.5) is 5.82 Å². The molecule has 1 aliphatic heterocycles. The molecule has 0 aliphatic carbocycles. The van der Waals surface area contributed by atoms with Gasteiger partial charge in [0, 0.05) is 6.42 Å². The molecule has 0 amide bonds. The van der Waals surface area contributed by atoms with Gasteiger partial charge in [-0.05, 0) is 11.6 Å². The summed E-state index contributed by atoms with van der Waals surface area (Å²) in [6, 6.07) is 0. The van der Waals surface area contributed by atoms with Crippen molar-refractivity contribution < 1.29 is 28.5 Å². The molecule has 14 heteroatoms. The molecule has 0 saturated carbocycles. The topological polar surface area (TPSA) is 181 Å². The Kier molecular flexibility index (Phi) is 4.73. The van der Waals surface area contributed by atoms with Crippen LogP contribution in [0.25, 0.3) is 11.2 Å². The van der Waals surface area contributed by atoms with Crippen LogP contribution in [0.2, 0.25) is 5.28 Å². The van der Waals surface area contributed by atoms with Gasteiger partial charge in [0.15, 0.2) is 11.5 Å². The van der Waals surface area contributed by atoms with E-state index in [-0.39, 0.29) is 17.5 Å². The monoisotopic (exact) mass is 380 g/mol. The lowest BCUT2D eigenvalue weighted by Gasteiger charge is -2.16. The minimum absolute atomic E-state index is 0.0542. The molecule has 2 aromatic rings. The largest absolute Gasteiger partial charge is 0.488 e. The third kappa shape index (κ3) is 3.36. The molecule has 3 heterocycles. The molecule has 24 heavy (non-hydrogen) atoms. The van der Waals surface area contributed by atoms with Crippen molar-refractivity contribution >= 4 is 36.4 Å². The van der Waals surface area contributed by atoms with Gasteiger partial charge in [-0.2, -0.15) is 9.97 Å². The number of nitrogens with two attached hydrogens (primary N) is 2. The van der Waals surface area contributed by atoms with E-state index >= 15 is 0 Å². The van der Waals surface area contributed by atoms with E-state index in [2.05, 4.69) is 30.0 Å². The van der Waals surface area contributed by atoms with Crippen LogP contribution < -0.4 is 11.6 Å². The maximum atomic E-state index is 11.2. The van der Waals surface area contributed by atoms with Crippen LogP contribution in [-0.4, -0.2) is 48.3 Å². The highest BCUT2D eigenvalue weighted by Crippen LogP contribution is 2.42. The highest BCUT2D eigenvalue weighted by atomic mass is 35.5. The molecule has 1 unspecified atom stereocenters. The van der Waals surface area contributed by atoms with Gasteiger partial charge in [-0.25, -0.2) is 20.1 Å². The highest BCUT2D eigenvalue weighted by molar-refractivity contribution is 7.47. The zero-order valence-corrected chi connectivity index (χ0v) is 13.7. The molecule has 0 radical (unpaired) electrons. The third-order valence-corrected chi connectivity index (χ3v) is 4.38. The Labute approximate surface area is 139 Å². The van der Waals surface area contributed by atoms with Crippen LogP contribution in [0, 0.1) is 0 Å². The predicted molar refractivity (Wildman–Crippen MR) is 80.3 cm³/mol. The normalized spacial score (nSPS) is 26.8. The summed E-state index contributed by atoms with van der Waals surface area (Å²) >= 11 is 5.79. The molecular weight excluding hydrogens is 367 g/mol. The Morgan fingerprint density at radius 1 is 1.54 bits per heavy atom. The second kappa shape index (κ2) is 6.50. The Bertz CT molecular complexity index is 803. The van der Waals surface area contributed by atoms with Gasteiger partial charge in [-0.1, -0.05) is 0 Å². The van der Waals surface area contributed by atoms with Gasteiger partial charge in [-0.15, -0.1) is 0 Å². The number of aromatic nitrogens is 4. The molecule has 0 spiro atoms. The van der Waals surface area contributed by atoms with Crippen molar-refractivity contribution in [3.05, 3.63) is 11.6 Å². The second-order valence-electron chi connectivity index (χ2n) is 5.00. The molecule has 1 fully saturated rings. The van der Waals surface area contributed by atoms with E-state index in [4.69, 9.17) is 27.0 Å². The van der Waals surface area contributed by atoms with Crippen LogP contribution in [0.1, 0.15) is 12.6 Å². The summed E-state index contributed by atoms with van der Waals surface area (Å²) in [7, 11) is -4.37. The fraction of sp³-hybridized carbons (Fsp3) is 0.500. The van der Waals surface area contributed by atoms with Crippen molar-refractivity contribution in [2.24, 2.45) is 5.90 Å². The number of aliphatic hydroxyl groups excluding tert-OH is 1. The Morgan fingerprint density at radius 3 is 3.00 bits per heavy atom. The molecule has 132 valence electrons. The van der Waals surface area contributed by atoms with Gasteiger partial charge >= 0.3 is 7.82 Å². The molecule has 0 aromatic carbocycles. The van der Waals surface area contributed by atoms with Gasteiger partial charge in [0.25, 0.3) is 0 Å². The first-order chi connectivity index (χ1) is 11.3. The highest BCUT2D eigenvalue weighted by Gasteiger charge is 2.37. The average molecular weight is 381 g/mol. The second-order valence-corrected chi connectivity index (χ2v) is 6.75. The third-order valence-electron chi connectivity index (χ3n) is 3.47. The fourth-order valence-corrected chi connectivity index (χ4v) is 2.92. The van der Waals surface area contributed by atoms with Crippen molar-refractivity contribution in [3.8, 4) is 0 Å². The van der Waals surface area contributed by atoms with Crippen molar-refractivity contribution in [1.82, 2.24) is 19.5 Å². The first-order valence-corrected chi connectivity index (χ1v) is 8.53. The number of phosphoric ester groups is 1. The van der Waals surface area contributed by atoms with Gasteiger partial charge in [0.2, 0.25) is 5.28 Å². The van der Waals surface area contributed by atoms with E-state index in [0.717, 1.165) is 0 Å². The molecule has 12 nitrogen and oxygen atoms in total. The lowest BCUT2D eigenvalue weighted by atomic mass is 10.2. The average Bonchev–Trinajstić information content (AvgIpc) is 3.09. The van der Waals surface area contributed by atoms with E-state index < -0.39 is 32.9 Å². The van der Waals surface area contributed by atoms with Crippen LogP contribution in [0.5, 0.6) is 0 Å². The van der Waals surface area contributed by atoms with E-state index in [1.807, 2.05) is 0 Å². The lowest BCUT2D eigenvalue weighted by molar-refractivity contribution is -0.0439. The van der Waals surface area contributed by atoms with Crippen molar-refractivity contribution in [3.63, 3.8) is 0 Å². The molecule has 4 atom stereocenters. The summed E-state index contributed by atoms with van der Waals surface area (Å²) in [5.41, 5.74) is 6.41. The maximum absolute atomic E-state index is 11.2. The van der Waals surface area contributed by atoms with E-state index in [1.54, 1.807) is 0 Å². The van der Waals surface area contributed by atoms with Gasteiger partial charge in [0.05, 0.1) is 19.0 Å². The predicted octanol–water partition coefficient (Wildman–Crippen LogP) is -0.282. The fourth-order valence-electron chi connectivity index (χ4n) is 2.36. The standard InChI is InChI=1S/C10H14ClN6O6P/c11-10-15-8(12)7-9(16-10)17(3-14-7)6-1-4(18)5(22-6)2-21-24(19,20)23-13/h3-6,18H,1-2,13H2,(H,19,20)(H2,12,15,16)/t4-,5+,6+/m0/s1. The SMILES string of the molecule is NOP(=O)(O)OC[C@H]1O[C@@H](n2cnc3c(N)nc(Cl)nc32)C[C@@H]1O. The van der Waals surface area contributed by atoms with Crippen LogP contribution in [-0.2, 0) is 18.5 Å². The number of imidazole rings is 1.